The summed E-state index contributed by atoms with van der Waals surface area (Å²) >= 11 is 9.42. The van der Waals surface area contributed by atoms with E-state index in [1.807, 2.05) is 0 Å². The van der Waals surface area contributed by atoms with E-state index in [1.54, 1.807) is 0 Å². The van der Waals surface area contributed by atoms with Gasteiger partial charge < -0.3 is 5.73 Å². The zero-order chi connectivity index (χ0) is 14.9. The largest absolute Gasteiger partial charge is 0.330 e. The van der Waals surface area contributed by atoms with Gasteiger partial charge >= 0.3 is 0 Å². The van der Waals surface area contributed by atoms with Crippen LogP contribution in [0.15, 0.2) is 0 Å². The second-order valence-electron chi connectivity index (χ2n) is 5.72. The molecule has 0 amide bonds. The van der Waals surface area contributed by atoms with Crippen LogP contribution in [0.25, 0.3) is 0 Å². The van der Waals surface area contributed by atoms with Crippen LogP contribution in [0.5, 0.6) is 0 Å². The summed E-state index contributed by atoms with van der Waals surface area (Å²) in [5.41, 5.74) is 5.38. The molecule has 2 N–H and O–H groups in total. The first-order chi connectivity index (χ1) is 9.81. The molecule has 0 aromatic heterocycles. The molecule has 2 nitrogen and oxygen atoms in total. The number of hydrogen-bond donors (Lipinski definition) is 2. The van der Waals surface area contributed by atoms with E-state index in [0.29, 0.717) is 0 Å². The molecular formula is C16H34ClNOS. The van der Waals surface area contributed by atoms with Gasteiger partial charge in [0, 0.05) is 0 Å². The van der Waals surface area contributed by atoms with Crippen molar-refractivity contribution in [2.45, 2.75) is 95.3 Å². The average Bonchev–Trinajstić information content (AvgIpc) is 2.47. The number of rotatable bonds is 16. The average molecular weight is 324 g/mol. The van der Waals surface area contributed by atoms with Gasteiger partial charge in [0.05, 0.1) is 11.9 Å². The van der Waals surface area contributed by atoms with Crippen LogP contribution in [0.4, 0.5) is 0 Å². The molecule has 0 aliphatic carbocycles. The van der Waals surface area contributed by atoms with E-state index in [2.05, 4.69) is 16.9 Å². The molecule has 0 spiro atoms. The molecule has 122 valence electrons. The molecule has 1 atom stereocenters. The van der Waals surface area contributed by atoms with Crippen molar-refractivity contribution in [2.75, 3.05) is 6.54 Å². The van der Waals surface area contributed by atoms with Crippen LogP contribution in [-0.4, -0.2) is 12.0 Å². The summed E-state index contributed by atoms with van der Waals surface area (Å²) in [5, 5.41) is 0. The standard InChI is InChI=1S/C16H34ClNOS/c17-19-16(20)14-12-10-8-6-4-2-1-3-5-7-9-11-13-15-18/h16,20H,1-15,18H2. The summed E-state index contributed by atoms with van der Waals surface area (Å²) in [7, 11) is 0. The molecule has 0 aliphatic rings. The summed E-state index contributed by atoms with van der Waals surface area (Å²) in [4.78, 5) is 0. The van der Waals surface area contributed by atoms with Crippen molar-refractivity contribution in [3.63, 3.8) is 0 Å². The van der Waals surface area contributed by atoms with Gasteiger partial charge in [-0.3, -0.25) is 4.29 Å². The van der Waals surface area contributed by atoms with Crippen LogP contribution >= 0.6 is 24.5 Å². The fraction of sp³-hybridized carbons (Fsp3) is 1.00. The fourth-order valence-corrected chi connectivity index (χ4v) is 2.72. The predicted octanol–water partition coefficient (Wildman–Crippen LogP) is 5.83. The SMILES string of the molecule is NCCCCCCCCCCCCCCCC(S)OCl. The summed E-state index contributed by atoms with van der Waals surface area (Å²) < 4.78 is 4.59. The molecule has 4 heteroatoms. The van der Waals surface area contributed by atoms with Crippen LogP contribution in [0.1, 0.15) is 89.9 Å². The highest BCUT2D eigenvalue weighted by Crippen LogP contribution is 2.15. The number of halogens is 1. The third-order valence-electron chi connectivity index (χ3n) is 3.76. The van der Waals surface area contributed by atoms with Gasteiger partial charge in [-0.15, -0.1) is 12.6 Å². The molecule has 0 radical (unpaired) electrons. The zero-order valence-electron chi connectivity index (χ0n) is 13.0. The second-order valence-corrected chi connectivity index (χ2v) is 6.47. The molecule has 0 aliphatic heterocycles. The first-order valence-corrected chi connectivity index (χ1v) is 9.29. The van der Waals surface area contributed by atoms with Crippen LogP contribution in [0.2, 0.25) is 0 Å². The Hall–Kier alpha value is 0.560. The lowest BCUT2D eigenvalue weighted by Crippen LogP contribution is -1.97. The van der Waals surface area contributed by atoms with Crippen LogP contribution in [0, 0.1) is 0 Å². The maximum atomic E-state index is 5.47. The Morgan fingerprint density at radius 3 is 1.40 bits per heavy atom. The van der Waals surface area contributed by atoms with Crippen molar-refractivity contribution in [3.8, 4) is 0 Å². The highest BCUT2D eigenvalue weighted by atomic mass is 35.5. The van der Waals surface area contributed by atoms with E-state index in [0.717, 1.165) is 13.0 Å². The molecule has 0 saturated carbocycles. The van der Waals surface area contributed by atoms with E-state index >= 15 is 0 Å². The van der Waals surface area contributed by atoms with Gasteiger partial charge in [0.15, 0.2) is 0 Å². The molecule has 0 rings (SSSR count). The molecular weight excluding hydrogens is 290 g/mol. The van der Waals surface area contributed by atoms with Crippen molar-refractivity contribution >= 4 is 24.5 Å². The smallest absolute Gasteiger partial charge is 0.122 e. The molecule has 0 fully saturated rings. The Morgan fingerprint density at radius 1 is 0.700 bits per heavy atom. The third kappa shape index (κ3) is 16.6. The van der Waals surface area contributed by atoms with E-state index < -0.39 is 0 Å². The predicted molar refractivity (Wildman–Crippen MR) is 93.4 cm³/mol. The second kappa shape index (κ2) is 17.6. The molecule has 1 unspecified atom stereocenters. The Morgan fingerprint density at radius 2 is 1.05 bits per heavy atom. The Labute approximate surface area is 136 Å². The van der Waals surface area contributed by atoms with Gasteiger partial charge in [0.1, 0.15) is 5.44 Å². The third-order valence-corrected chi connectivity index (χ3v) is 4.46. The minimum Gasteiger partial charge on any atom is -0.330 e. The van der Waals surface area contributed by atoms with Crippen molar-refractivity contribution in [3.05, 3.63) is 0 Å². The number of thiol groups is 1. The van der Waals surface area contributed by atoms with Crippen molar-refractivity contribution in [2.24, 2.45) is 5.73 Å². The van der Waals surface area contributed by atoms with Crippen LogP contribution in [0.3, 0.4) is 0 Å². The van der Waals surface area contributed by atoms with Gasteiger partial charge in [-0.2, -0.15) is 0 Å². The van der Waals surface area contributed by atoms with E-state index in [4.69, 9.17) is 17.6 Å². The lowest BCUT2D eigenvalue weighted by Gasteiger charge is -2.05. The molecule has 0 aromatic rings. The minimum absolute atomic E-state index is 0.0958. The van der Waals surface area contributed by atoms with Crippen molar-refractivity contribution in [1.29, 1.82) is 0 Å². The van der Waals surface area contributed by atoms with Crippen molar-refractivity contribution < 1.29 is 4.29 Å². The topological polar surface area (TPSA) is 35.2 Å². The lowest BCUT2D eigenvalue weighted by atomic mass is 10.0. The van der Waals surface area contributed by atoms with Gasteiger partial charge in [-0.05, 0) is 25.8 Å². The molecule has 0 aromatic carbocycles. The Kier molecular flexibility index (Phi) is 18.1. The highest BCUT2D eigenvalue weighted by Gasteiger charge is 2.00. The monoisotopic (exact) mass is 323 g/mol. The van der Waals surface area contributed by atoms with E-state index in [9.17, 15) is 0 Å². The van der Waals surface area contributed by atoms with Gasteiger partial charge in [-0.25, -0.2) is 0 Å². The van der Waals surface area contributed by atoms with Gasteiger partial charge in [0.25, 0.3) is 0 Å². The molecule has 20 heavy (non-hydrogen) atoms. The van der Waals surface area contributed by atoms with E-state index in [-0.39, 0.29) is 5.44 Å². The summed E-state index contributed by atoms with van der Waals surface area (Å²) in [5.74, 6) is 0. The molecule has 0 saturated heterocycles. The highest BCUT2D eigenvalue weighted by molar-refractivity contribution is 7.80. The van der Waals surface area contributed by atoms with Gasteiger partial charge in [0.2, 0.25) is 0 Å². The lowest BCUT2D eigenvalue weighted by molar-refractivity contribution is 0.301. The first kappa shape index (κ1) is 20.6. The fourth-order valence-electron chi connectivity index (χ4n) is 2.45. The zero-order valence-corrected chi connectivity index (χ0v) is 14.6. The number of nitrogens with two attached hydrogens (primary N) is 1. The van der Waals surface area contributed by atoms with Crippen LogP contribution < -0.4 is 5.73 Å². The summed E-state index contributed by atoms with van der Waals surface area (Å²) in [6, 6.07) is 0. The Bertz CT molecular complexity index is 184. The molecule has 0 heterocycles. The first-order valence-electron chi connectivity index (χ1n) is 8.46. The normalized spacial score (nSPS) is 12.8. The Balaban J connectivity index is 2.96. The number of unbranched alkanes of at least 4 members (excludes halogenated alkanes) is 12. The van der Waals surface area contributed by atoms with E-state index in [1.165, 1.54) is 83.5 Å². The maximum absolute atomic E-state index is 5.47. The van der Waals surface area contributed by atoms with Crippen LogP contribution in [-0.2, 0) is 4.29 Å². The van der Waals surface area contributed by atoms with Crippen molar-refractivity contribution in [1.82, 2.24) is 0 Å². The summed E-state index contributed by atoms with van der Waals surface area (Å²) in [6.45, 7) is 0.855. The number of hydrogen-bond acceptors (Lipinski definition) is 3. The maximum Gasteiger partial charge on any atom is 0.122 e. The summed E-state index contributed by atoms with van der Waals surface area (Å²) in [6.07, 6.45) is 18.4. The molecule has 0 bridgehead atoms. The quantitative estimate of drug-likeness (QED) is 0.213. The van der Waals surface area contributed by atoms with Gasteiger partial charge in [-0.1, -0.05) is 70.6 Å². The minimum atomic E-state index is -0.0958.